The number of hydrogen-bond donors (Lipinski definition) is 4. The fraction of sp³-hybridized carbons (Fsp3) is 0.725. The van der Waals surface area contributed by atoms with Crippen LogP contribution in [0.2, 0.25) is 0 Å². The Morgan fingerprint density at radius 3 is 2.35 bits per heavy atom. The van der Waals surface area contributed by atoms with E-state index in [-0.39, 0.29) is 48.3 Å². The minimum atomic E-state index is -0.697. The maximum absolute atomic E-state index is 13.9. The van der Waals surface area contributed by atoms with E-state index >= 15 is 0 Å². The molecule has 2 bridgehead atoms. The van der Waals surface area contributed by atoms with Gasteiger partial charge in [0.1, 0.15) is 11.6 Å². The highest BCUT2D eigenvalue weighted by Gasteiger charge is 2.63. The zero-order chi connectivity index (χ0) is 47.2. The molecule has 9 rings (SSSR count). The summed E-state index contributed by atoms with van der Waals surface area (Å²) in [4.78, 5) is 68.7. The molecule has 3 heterocycles. The normalized spacial score (nSPS) is 33.8. The van der Waals surface area contributed by atoms with E-state index < -0.39 is 34.1 Å². The second kappa shape index (κ2) is 18.8. The number of aromatic hydroxyl groups is 1. The Morgan fingerprint density at radius 1 is 0.985 bits per heavy atom. The van der Waals surface area contributed by atoms with Crippen LogP contribution < -0.4 is 16.2 Å². The summed E-state index contributed by atoms with van der Waals surface area (Å²) >= 11 is 0. The summed E-state index contributed by atoms with van der Waals surface area (Å²) in [6.45, 7) is 9.69. The predicted molar refractivity (Wildman–Crippen MR) is 246 cm³/mol. The van der Waals surface area contributed by atoms with Crippen LogP contribution in [-0.2, 0) is 33.0 Å². The standard InChI is InChI=1S/C47H68FN5O5.C4H7NO2/c1-28(33-14-15-34-32-13-12-31-9-7-8-18-44(31,3)35(32)24-37(54)45(33,34)4)10-17-38(55)50-26-46-19-21-47(22-20-46,52(5)6)43-51-39(40(56)42(58)53(43)27-46)41(57)49-25-30-11-16-36(48)29(2)23-30;1-5(2)4(7)3-6/h11,16,23,28,31-35,37,54,56H,7-10,12-15,17-22,24-27H2,1-6H3,(H,49,57)(H,50,55);3H,1-2H3/t28?,31?,32?,33?,34?,35?,37-,44?,45?,46?,47?;/m0./s1. The van der Waals surface area contributed by atoms with Crippen LogP contribution in [0.4, 0.5) is 4.39 Å². The molecule has 0 radical (unpaired) electrons. The van der Waals surface area contributed by atoms with Crippen molar-refractivity contribution in [3.8, 4) is 5.75 Å². The number of rotatable bonds is 11. The van der Waals surface area contributed by atoms with Crippen molar-refractivity contribution < 1.29 is 33.8 Å². The number of halogens is 1. The Morgan fingerprint density at radius 2 is 1.71 bits per heavy atom. The van der Waals surface area contributed by atoms with Gasteiger partial charge in [0, 0.05) is 45.6 Å². The van der Waals surface area contributed by atoms with Gasteiger partial charge in [0.15, 0.2) is 5.69 Å². The number of likely N-dealkylation sites (N-methyl/N-ethyl adjacent to an activating group) is 1. The third-order valence-electron chi connectivity index (χ3n) is 18.4. The molecule has 0 saturated heterocycles. The van der Waals surface area contributed by atoms with Gasteiger partial charge in [-0.2, -0.15) is 0 Å². The molecule has 358 valence electrons. The molecule has 65 heavy (non-hydrogen) atoms. The highest BCUT2D eigenvalue weighted by atomic mass is 19.1. The molecule has 9 atom stereocenters. The number of fused-ring (bicyclic) bond motifs is 7. The molecule has 2 aliphatic heterocycles. The fourth-order valence-electron chi connectivity index (χ4n) is 14.3. The van der Waals surface area contributed by atoms with Crippen molar-refractivity contribution >= 4 is 24.0 Å². The maximum atomic E-state index is 13.9. The van der Waals surface area contributed by atoms with Crippen molar-refractivity contribution in [1.29, 1.82) is 0 Å². The number of carbonyl (C=O) groups is 4. The van der Waals surface area contributed by atoms with Gasteiger partial charge in [-0.25, -0.2) is 9.37 Å². The largest absolute Gasteiger partial charge is 0.501 e. The molecule has 0 spiro atoms. The zero-order valence-corrected chi connectivity index (χ0v) is 40.2. The van der Waals surface area contributed by atoms with Crippen molar-refractivity contribution in [2.24, 2.45) is 51.8 Å². The molecule has 5 fully saturated rings. The van der Waals surface area contributed by atoms with E-state index in [1.165, 1.54) is 70.0 Å². The van der Waals surface area contributed by atoms with Crippen LogP contribution in [0.15, 0.2) is 23.0 Å². The number of hydrogen-bond acceptors (Lipinski definition) is 9. The van der Waals surface area contributed by atoms with Crippen LogP contribution in [-0.4, -0.2) is 94.4 Å². The highest BCUT2D eigenvalue weighted by Crippen LogP contribution is 2.68. The number of amides is 3. The number of nitrogens with zero attached hydrogens (tertiary/aromatic N) is 4. The van der Waals surface area contributed by atoms with E-state index in [0.717, 1.165) is 38.0 Å². The highest BCUT2D eigenvalue weighted by molar-refractivity contribution is 6.23. The molecule has 2 aromatic rings. The average molecular weight is 903 g/mol. The fourth-order valence-corrected chi connectivity index (χ4v) is 14.3. The Kier molecular flexibility index (Phi) is 14.1. The van der Waals surface area contributed by atoms with Crippen molar-refractivity contribution in [1.82, 2.24) is 30.0 Å². The van der Waals surface area contributed by atoms with Crippen molar-refractivity contribution in [3.05, 3.63) is 57.0 Å². The van der Waals surface area contributed by atoms with Crippen molar-refractivity contribution in [3.63, 3.8) is 0 Å². The molecule has 5 aliphatic carbocycles. The Bertz CT molecular complexity index is 2180. The Labute approximate surface area is 384 Å². The quantitative estimate of drug-likeness (QED) is 0.145. The lowest BCUT2D eigenvalue weighted by Crippen LogP contribution is -2.58. The maximum Gasteiger partial charge on any atom is 0.296 e. The first-order chi connectivity index (χ1) is 30.7. The van der Waals surface area contributed by atoms with Crippen molar-refractivity contribution in [2.45, 2.75) is 149 Å². The summed E-state index contributed by atoms with van der Waals surface area (Å²) in [6.07, 6.45) is 15.4. The van der Waals surface area contributed by atoms with Gasteiger partial charge in [0.05, 0.1) is 11.6 Å². The third-order valence-corrected chi connectivity index (χ3v) is 18.4. The first-order valence-corrected chi connectivity index (χ1v) is 24.4. The molecule has 13 nitrogen and oxygen atoms in total. The molecule has 14 heteroatoms. The summed E-state index contributed by atoms with van der Waals surface area (Å²) in [7, 11) is 6.97. The number of nitrogens with one attached hydrogen (secondary N) is 2. The number of benzene rings is 1. The Hall–Kier alpha value is -4.17. The van der Waals surface area contributed by atoms with Gasteiger partial charge in [-0.15, -0.1) is 0 Å². The SMILES string of the molecule is CN(C)C(=O)C=O.Cc1cc(CNC(=O)c2nc3n(c(=O)c2O)CC2(CNC(=O)CCC(C)C4CCC5C6CCC7CCCCC7(C)C6C[C@H](O)C45C)CCC3(N(C)C)CC2)ccc1F. The number of aliphatic hydroxyl groups is 1. The molecule has 8 unspecified atom stereocenters. The van der Waals surface area contributed by atoms with Gasteiger partial charge in [-0.05, 0) is 162 Å². The molecule has 3 amide bonds. The summed E-state index contributed by atoms with van der Waals surface area (Å²) in [5, 5.41) is 29.2. The smallest absolute Gasteiger partial charge is 0.296 e. The summed E-state index contributed by atoms with van der Waals surface area (Å²) in [5.41, 5.74) is -0.573. The van der Waals surface area contributed by atoms with Crippen LogP contribution in [0.5, 0.6) is 5.75 Å². The van der Waals surface area contributed by atoms with Gasteiger partial charge in [0.25, 0.3) is 17.4 Å². The van der Waals surface area contributed by atoms with Crippen LogP contribution in [0, 0.1) is 64.5 Å². The minimum absolute atomic E-state index is 0.0133. The van der Waals surface area contributed by atoms with E-state index in [2.05, 4.69) is 36.3 Å². The second-order valence-corrected chi connectivity index (χ2v) is 22.1. The van der Waals surface area contributed by atoms with E-state index in [1.807, 2.05) is 14.1 Å². The first-order valence-electron chi connectivity index (χ1n) is 24.4. The topological polar surface area (TPSA) is 174 Å². The van der Waals surface area contributed by atoms with Crippen LogP contribution in [0.1, 0.15) is 145 Å². The molecule has 1 aromatic carbocycles. The van der Waals surface area contributed by atoms with E-state index in [0.29, 0.717) is 77.8 Å². The summed E-state index contributed by atoms with van der Waals surface area (Å²) in [6, 6.07) is 4.58. The summed E-state index contributed by atoms with van der Waals surface area (Å²) < 4.78 is 15.4. The summed E-state index contributed by atoms with van der Waals surface area (Å²) in [5.74, 6) is 1.74. The molecular weight excluding hydrogens is 828 g/mol. The number of carbonyl (C=O) groups excluding carboxylic acids is 4. The van der Waals surface area contributed by atoms with Crippen LogP contribution in [0.25, 0.3) is 0 Å². The van der Waals surface area contributed by atoms with E-state index in [9.17, 15) is 38.6 Å². The lowest BCUT2D eigenvalue weighted by Gasteiger charge is -2.62. The molecule has 5 saturated carbocycles. The minimum Gasteiger partial charge on any atom is -0.501 e. The molecule has 7 aliphatic rings. The van der Waals surface area contributed by atoms with E-state index in [4.69, 9.17) is 4.98 Å². The lowest BCUT2D eigenvalue weighted by atomic mass is 9.44. The molecule has 4 N–H and O–H groups in total. The number of aromatic nitrogens is 2. The second-order valence-electron chi connectivity index (χ2n) is 22.1. The third kappa shape index (κ3) is 8.91. The van der Waals surface area contributed by atoms with E-state index in [1.54, 1.807) is 23.6 Å². The van der Waals surface area contributed by atoms with Gasteiger partial charge >= 0.3 is 0 Å². The van der Waals surface area contributed by atoms with Gasteiger partial charge in [-0.1, -0.05) is 45.7 Å². The zero-order valence-electron chi connectivity index (χ0n) is 40.2. The Balaban J connectivity index is 0.000000833. The molecule has 1 aromatic heterocycles. The van der Waals surface area contributed by atoms with Gasteiger partial charge < -0.3 is 25.7 Å². The van der Waals surface area contributed by atoms with Gasteiger partial charge in [0.2, 0.25) is 17.9 Å². The number of aryl methyl sites for hydroxylation is 1. The first kappa shape index (κ1) is 48.8. The predicted octanol–water partition coefficient (Wildman–Crippen LogP) is 6.48. The average Bonchev–Trinajstić information content (AvgIpc) is 3.50. The lowest BCUT2D eigenvalue weighted by molar-refractivity contribution is -0.168. The molecular formula is C51H75FN6O7. The van der Waals surface area contributed by atoms with Crippen LogP contribution >= 0.6 is 0 Å². The van der Waals surface area contributed by atoms with Crippen molar-refractivity contribution in [2.75, 3.05) is 34.7 Å². The van der Waals surface area contributed by atoms with Crippen LogP contribution in [0.3, 0.4) is 0 Å². The number of aldehydes is 1. The van der Waals surface area contributed by atoms with Gasteiger partial charge in [-0.3, -0.25) is 33.4 Å². The number of aliphatic hydroxyl groups excluding tert-OH is 1. The monoisotopic (exact) mass is 903 g/mol.